The summed E-state index contributed by atoms with van der Waals surface area (Å²) in [6.07, 6.45) is 8.07. The first-order valence-corrected chi connectivity index (χ1v) is 4.66. The maximum atomic E-state index is 9.18. The van der Waals surface area contributed by atoms with Crippen LogP contribution >= 0.6 is 0 Å². The molecule has 2 nitrogen and oxygen atoms in total. The second-order valence-electron chi connectivity index (χ2n) is 3.12. The Balaban J connectivity index is 2.27. The van der Waals surface area contributed by atoms with Crippen molar-refractivity contribution < 1.29 is 5.11 Å². The van der Waals surface area contributed by atoms with Crippen LogP contribution in [0, 0.1) is 0 Å². The van der Waals surface area contributed by atoms with Gasteiger partial charge in [0.25, 0.3) is 0 Å². The lowest BCUT2D eigenvalue weighted by Gasteiger charge is -2.12. The highest BCUT2D eigenvalue weighted by Gasteiger charge is 2.02. The van der Waals surface area contributed by atoms with E-state index in [0.717, 1.165) is 19.4 Å². The quantitative estimate of drug-likeness (QED) is 0.630. The van der Waals surface area contributed by atoms with Gasteiger partial charge < -0.3 is 10.4 Å². The van der Waals surface area contributed by atoms with Crippen LogP contribution in [-0.4, -0.2) is 11.7 Å². The van der Waals surface area contributed by atoms with Gasteiger partial charge >= 0.3 is 0 Å². The van der Waals surface area contributed by atoms with Gasteiger partial charge in [0.15, 0.2) is 0 Å². The highest BCUT2D eigenvalue weighted by Crippen LogP contribution is 2.12. The summed E-state index contributed by atoms with van der Waals surface area (Å²) < 4.78 is 0. The average molecular weight is 167 g/mol. The fraction of sp³-hybridized carbons (Fsp3) is 0.600. The van der Waals surface area contributed by atoms with Gasteiger partial charge in [-0.15, -0.1) is 0 Å². The Morgan fingerprint density at radius 3 is 3.08 bits per heavy atom. The van der Waals surface area contributed by atoms with Gasteiger partial charge in [-0.3, -0.25) is 0 Å². The Kier molecular flexibility index (Phi) is 3.71. The Morgan fingerprint density at radius 2 is 2.42 bits per heavy atom. The zero-order valence-electron chi connectivity index (χ0n) is 7.64. The molecule has 12 heavy (non-hydrogen) atoms. The molecule has 0 atom stereocenters. The Bertz CT molecular complexity index is 194. The van der Waals surface area contributed by atoms with Crippen molar-refractivity contribution in [1.29, 1.82) is 0 Å². The van der Waals surface area contributed by atoms with Gasteiger partial charge in [0.2, 0.25) is 0 Å². The number of nitrogens with one attached hydrogen (secondary N) is 1. The molecule has 1 rings (SSSR count). The summed E-state index contributed by atoms with van der Waals surface area (Å²) >= 11 is 0. The molecule has 2 heteroatoms. The molecular weight excluding hydrogens is 150 g/mol. The second-order valence-corrected chi connectivity index (χ2v) is 3.12. The first-order chi connectivity index (χ1) is 5.83. The number of rotatable bonds is 4. The van der Waals surface area contributed by atoms with Crippen LogP contribution in [0.25, 0.3) is 0 Å². The molecule has 0 aromatic heterocycles. The van der Waals surface area contributed by atoms with Gasteiger partial charge in [-0.1, -0.05) is 13.3 Å². The molecule has 0 saturated carbocycles. The minimum atomic E-state index is 0.403. The van der Waals surface area contributed by atoms with Crippen LogP contribution in [-0.2, 0) is 0 Å². The van der Waals surface area contributed by atoms with Crippen molar-refractivity contribution in [3.63, 3.8) is 0 Å². The second kappa shape index (κ2) is 4.86. The first-order valence-electron chi connectivity index (χ1n) is 4.66. The summed E-state index contributed by atoms with van der Waals surface area (Å²) in [7, 11) is 0. The van der Waals surface area contributed by atoms with Crippen LogP contribution in [0.4, 0.5) is 0 Å². The van der Waals surface area contributed by atoms with E-state index in [1.807, 2.05) is 12.2 Å². The summed E-state index contributed by atoms with van der Waals surface area (Å²) in [5.74, 6) is 0.403. The SMILES string of the molecule is CCCCNC1=CC(O)=CCC1. The van der Waals surface area contributed by atoms with Crippen LogP contribution in [0.1, 0.15) is 32.6 Å². The lowest BCUT2D eigenvalue weighted by molar-refractivity contribution is 0.423. The van der Waals surface area contributed by atoms with Crippen molar-refractivity contribution in [2.75, 3.05) is 6.54 Å². The van der Waals surface area contributed by atoms with E-state index >= 15 is 0 Å². The number of hydrogen-bond donors (Lipinski definition) is 2. The van der Waals surface area contributed by atoms with Crippen LogP contribution in [0.5, 0.6) is 0 Å². The van der Waals surface area contributed by atoms with Crippen molar-refractivity contribution in [2.45, 2.75) is 32.6 Å². The van der Waals surface area contributed by atoms with E-state index in [1.54, 1.807) is 0 Å². The molecule has 1 aliphatic rings. The molecule has 0 spiro atoms. The summed E-state index contributed by atoms with van der Waals surface area (Å²) in [5.41, 5.74) is 1.17. The van der Waals surface area contributed by atoms with E-state index in [-0.39, 0.29) is 0 Å². The molecule has 0 saturated heterocycles. The van der Waals surface area contributed by atoms with Crippen LogP contribution in [0.3, 0.4) is 0 Å². The number of hydrogen-bond acceptors (Lipinski definition) is 2. The number of allylic oxidation sites excluding steroid dienone is 3. The summed E-state index contributed by atoms with van der Waals surface area (Å²) in [6.45, 7) is 3.20. The van der Waals surface area contributed by atoms with E-state index < -0.39 is 0 Å². The molecule has 0 aromatic rings. The van der Waals surface area contributed by atoms with Crippen LogP contribution in [0.15, 0.2) is 23.6 Å². The van der Waals surface area contributed by atoms with Gasteiger partial charge in [0.1, 0.15) is 5.76 Å². The predicted octanol–water partition coefficient (Wildman–Crippen LogP) is 2.50. The molecule has 0 unspecified atom stereocenters. The minimum Gasteiger partial charge on any atom is -0.508 e. The molecule has 0 bridgehead atoms. The van der Waals surface area contributed by atoms with Crippen molar-refractivity contribution in [3.05, 3.63) is 23.6 Å². The lowest BCUT2D eigenvalue weighted by Crippen LogP contribution is -2.16. The summed E-state index contributed by atoms with van der Waals surface area (Å²) in [4.78, 5) is 0. The zero-order valence-corrected chi connectivity index (χ0v) is 7.64. The van der Waals surface area contributed by atoms with Gasteiger partial charge in [-0.25, -0.2) is 0 Å². The molecule has 0 radical (unpaired) electrons. The molecule has 2 N–H and O–H groups in total. The number of aliphatic hydroxyl groups is 1. The van der Waals surface area contributed by atoms with Crippen molar-refractivity contribution in [3.8, 4) is 0 Å². The molecule has 68 valence electrons. The standard InChI is InChI=1S/C10H17NO/c1-2-3-7-11-9-5-4-6-10(12)8-9/h6,8,11-12H,2-5,7H2,1H3. The maximum absolute atomic E-state index is 9.18. The van der Waals surface area contributed by atoms with Gasteiger partial charge in [0.05, 0.1) is 0 Å². The van der Waals surface area contributed by atoms with Crippen molar-refractivity contribution in [2.24, 2.45) is 0 Å². The van der Waals surface area contributed by atoms with E-state index in [4.69, 9.17) is 0 Å². The fourth-order valence-electron chi connectivity index (χ4n) is 1.25. The van der Waals surface area contributed by atoms with Crippen LogP contribution < -0.4 is 5.32 Å². The van der Waals surface area contributed by atoms with E-state index in [0.29, 0.717) is 5.76 Å². The van der Waals surface area contributed by atoms with Crippen LogP contribution in [0.2, 0.25) is 0 Å². The highest BCUT2D eigenvalue weighted by atomic mass is 16.3. The molecule has 0 heterocycles. The Morgan fingerprint density at radius 1 is 1.58 bits per heavy atom. The Labute approximate surface area is 74.0 Å². The Hall–Kier alpha value is -0.920. The topological polar surface area (TPSA) is 32.3 Å². The van der Waals surface area contributed by atoms with Crippen molar-refractivity contribution >= 4 is 0 Å². The monoisotopic (exact) mass is 167 g/mol. The third-order valence-corrected chi connectivity index (χ3v) is 1.97. The fourth-order valence-corrected chi connectivity index (χ4v) is 1.25. The maximum Gasteiger partial charge on any atom is 0.113 e. The molecule has 0 amide bonds. The number of aliphatic hydroxyl groups excluding tert-OH is 1. The predicted molar refractivity (Wildman–Crippen MR) is 50.9 cm³/mol. The first kappa shape index (κ1) is 9.17. The smallest absolute Gasteiger partial charge is 0.113 e. The normalized spacial score (nSPS) is 16.8. The van der Waals surface area contributed by atoms with E-state index in [1.165, 1.54) is 18.5 Å². The lowest BCUT2D eigenvalue weighted by atomic mass is 10.1. The van der Waals surface area contributed by atoms with E-state index in [2.05, 4.69) is 12.2 Å². The molecule has 0 fully saturated rings. The van der Waals surface area contributed by atoms with E-state index in [9.17, 15) is 5.11 Å². The van der Waals surface area contributed by atoms with Crippen molar-refractivity contribution in [1.82, 2.24) is 5.32 Å². The number of unbranched alkanes of at least 4 members (excludes halogenated alkanes) is 1. The summed E-state index contributed by atoms with van der Waals surface area (Å²) in [5, 5.41) is 12.5. The summed E-state index contributed by atoms with van der Waals surface area (Å²) in [6, 6.07) is 0. The van der Waals surface area contributed by atoms with Gasteiger partial charge in [-0.2, -0.15) is 0 Å². The minimum absolute atomic E-state index is 0.403. The average Bonchev–Trinajstić information content (AvgIpc) is 2.05. The van der Waals surface area contributed by atoms with Gasteiger partial charge in [-0.05, 0) is 31.4 Å². The largest absolute Gasteiger partial charge is 0.508 e. The third kappa shape index (κ3) is 2.99. The third-order valence-electron chi connectivity index (χ3n) is 1.97. The molecule has 1 aliphatic carbocycles. The van der Waals surface area contributed by atoms with Gasteiger partial charge in [0, 0.05) is 12.2 Å². The molecular formula is C10H17NO. The molecule has 0 aliphatic heterocycles. The zero-order chi connectivity index (χ0) is 8.81. The highest BCUT2D eigenvalue weighted by molar-refractivity contribution is 5.21. The molecule has 0 aromatic carbocycles.